The molecule has 2 aromatic carbocycles. The zero-order chi connectivity index (χ0) is 17.1. The van der Waals surface area contributed by atoms with Gasteiger partial charge in [0.1, 0.15) is 5.82 Å². The molecule has 0 radical (unpaired) electrons. The maximum absolute atomic E-state index is 13.5. The molecule has 4 aromatic rings. The minimum atomic E-state index is -0.258. The minimum Gasteiger partial charge on any atom is -0.295 e. The van der Waals surface area contributed by atoms with Crippen LogP contribution in [0.4, 0.5) is 4.39 Å². The van der Waals surface area contributed by atoms with Crippen LogP contribution in [0.15, 0.2) is 84.5 Å². The summed E-state index contributed by atoms with van der Waals surface area (Å²) in [5.41, 5.74) is 2.89. The van der Waals surface area contributed by atoms with Gasteiger partial charge in [0.2, 0.25) is 0 Å². The van der Waals surface area contributed by atoms with Gasteiger partial charge >= 0.3 is 0 Å². The number of hydrogen-bond donors (Lipinski definition) is 0. The van der Waals surface area contributed by atoms with Crippen molar-refractivity contribution >= 4 is 11.8 Å². The average molecular weight is 350 g/mol. The maximum Gasteiger partial charge on any atom is 0.172 e. The molecule has 0 aliphatic carbocycles. The molecule has 0 spiro atoms. The van der Waals surface area contributed by atoms with Crippen LogP contribution in [0, 0.1) is 5.82 Å². The first-order valence-electron chi connectivity index (χ1n) is 7.81. The minimum absolute atomic E-state index is 0.258. The molecule has 0 fully saturated rings. The molecular weight excluding hydrogens is 335 g/mol. The Labute approximate surface area is 149 Å². The highest BCUT2D eigenvalue weighted by Gasteiger charge is 2.08. The fourth-order valence-corrected chi connectivity index (χ4v) is 3.41. The molecule has 0 aliphatic heterocycles. The van der Waals surface area contributed by atoms with Crippen molar-refractivity contribution in [3.05, 3.63) is 90.8 Å². The molecular formula is C19H15FN4S. The molecule has 0 aliphatic rings. The second-order valence-corrected chi connectivity index (χ2v) is 6.42. The van der Waals surface area contributed by atoms with E-state index in [0.717, 1.165) is 27.8 Å². The lowest BCUT2D eigenvalue weighted by Gasteiger charge is -2.07. The normalized spacial score (nSPS) is 10.9. The van der Waals surface area contributed by atoms with Crippen LogP contribution in [0.25, 0.3) is 11.4 Å². The van der Waals surface area contributed by atoms with E-state index in [4.69, 9.17) is 0 Å². The summed E-state index contributed by atoms with van der Waals surface area (Å²) >= 11 is 1.59. The number of rotatable bonds is 5. The van der Waals surface area contributed by atoms with Crippen molar-refractivity contribution in [2.24, 2.45) is 0 Å². The number of aromatic nitrogens is 4. The smallest absolute Gasteiger partial charge is 0.172 e. The first-order chi connectivity index (χ1) is 12.3. The Morgan fingerprint density at radius 2 is 1.84 bits per heavy atom. The second kappa shape index (κ2) is 6.94. The van der Waals surface area contributed by atoms with Crippen molar-refractivity contribution in [1.82, 2.24) is 19.3 Å². The highest BCUT2D eigenvalue weighted by atomic mass is 32.2. The van der Waals surface area contributed by atoms with Crippen molar-refractivity contribution in [3.63, 3.8) is 0 Å². The van der Waals surface area contributed by atoms with Gasteiger partial charge in [0.15, 0.2) is 5.16 Å². The van der Waals surface area contributed by atoms with Crippen LogP contribution < -0.4 is 0 Å². The van der Waals surface area contributed by atoms with Gasteiger partial charge in [-0.1, -0.05) is 36.0 Å². The monoisotopic (exact) mass is 350 g/mol. The first kappa shape index (κ1) is 15.7. The fourth-order valence-electron chi connectivity index (χ4n) is 2.52. The van der Waals surface area contributed by atoms with E-state index >= 15 is 0 Å². The Morgan fingerprint density at radius 1 is 1.00 bits per heavy atom. The standard InChI is InChI=1S/C19H15FN4S/c20-16-5-4-8-18(11-16)23-10-9-21-19(23)25-14-15-12-22-24(13-15)17-6-2-1-3-7-17/h1-13H,14H2. The van der Waals surface area contributed by atoms with Crippen LogP contribution in [0.1, 0.15) is 5.56 Å². The van der Waals surface area contributed by atoms with Crippen LogP contribution >= 0.6 is 11.8 Å². The van der Waals surface area contributed by atoms with Gasteiger partial charge in [-0.25, -0.2) is 14.1 Å². The number of para-hydroxylation sites is 1. The number of thioether (sulfide) groups is 1. The predicted octanol–water partition coefficient (Wildman–Crippen LogP) is 4.49. The van der Waals surface area contributed by atoms with E-state index in [0.29, 0.717) is 0 Å². The summed E-state index contributed by atoms with van der Waals surface area (Å²) < 4.78 is 17.2. The molecule has 6 heteroatoms. The summed E-state index contributed by atoms with van der Waals surface area (Å²) in [5.74, 6) is 0.477. The van der Waals surface area contributed by atoms with Gasteiger partial charge in [0.25, 0.3) is 0 Å². The third-order valence-electron chi connectivity index (χ3n) is 3.72. The zero-order valence-corrected chi connectivity index (χ0v) is 14.1. The first-order valence-corrected chi connectivity index (χ1v) is 8.79. The van der Waals surface area contributed by atoms with Crippen molar-refractivity contribution in [2.75, 3.05) is 0 Å². The van der Waals surface area contributed by atoms with Crippen LogP contribution in [-0.2, 0) is 5.75 Å². The third-order valence-corrected chi connectivity index (χ3v) is 4.76. The Morgan fingerprint density at radius 3 is 2.68 bits per heavy atom. The lowest BCUT2D eigenvalue weighted by Crippen LogP contribution is -1.96. The van der Waals surface area contributed by atoms with Gasteiger partial charge in [-0.15, -0.1) is 0 Å². The summed E-state index contributed by atoms with van der Waals surface area (Å²) in [7, 11) is 0. The summed E-state index contributed by atoms with van der Waals surface area (Å²) in [6.45, 7) is 0. The number of benzene rings is 2. The molecule has 0 saturated carbocycles. The zero-order valence-electron chi connectivity index (χ0n) is 13.3. The summed E-state index contributed by atoms with van der Waals surface area (Å²) in [6.07, 6.45) is 7.43. The Hall–Kier alpha value is -2.86. The molecule has 4 nitrogen and oxygen atoms in total. The molecule has 4 rings (SSSR count). The van der Waals surface area contributed by atoms with Gasteiger partial charge in [-0.05, 0) is 30.3 Å². The van der Waals surface area contributed by atoms with E-state index < -0.39 is 0 Å². The molecule has 124 valence electrons. The Kier molecular flexibility index (Phi) is 4.35. The topological polar surface area (TPSA) is 35.6 Å². The van der Waals surface area contributed by atoms with E-state index in [9.17, 15) is 4.39 Å². The van der Waals surface area contributed by atoms with E-state index in [1.165, 1.54) is 12.1 Å². The molecule has 0 saturated heterocycles. The molecule has 2 heterocycles. The number of imidazole rings is 1. The molecule has 0 bridgehead atoms. The van der Waals surface area contributed by atoms with E-state index in [2.05, 4.69) is 10.1 Å². The van der Waals surface area contributed by atoms with Crippen molar-refractivity contribution in [1.29, 1.82) is 0 Å². The molecule has 0 N–H and O–H groups in total. The fraction of sp³-hybridized carbons (Fsp3) is 0.0526. The quantitative estimate of drug-likeness (QED) is 0.498. The third kappa shape index (κ3) is 3.49. The van der Waals surface area contributed by atoms with Crippen molar-refractivity contribution < 1.29 is 4.39 Å². The van der Waals surface area contributed by atoms with Crippen LogP contribution in [-0.4, -0.2) is 19.3 Å². The SMILES string of the molecule is Fc1cccc(-n2ccnc2SCc2cnn(-c3ccccc3)c2)c1. The van der Waals surface area contributed by atoms with Crippen LogP contribution in [0.3, 0.4) is 0 Å². The van der Waals surface area contributed by atoms with Gasteiger partial charge in [-0.3, -0.25) is 4.57 Å². The predicted molar refractivity (Wildman–Crippen MR) is 96.6 cm³/mol. The van der Waals surface area contributed by atoms with E-state index in [1.807, 2.05) is 64.2 Å². The van der Waals surface area contributed by atoms with Gasteiger partial charge < -0.3 is 0 Å². The molecule has 2 aromatic heterocycles. The van der Waals surface area contributed by atoms with Crippen molar-refractivity contribution in [2.45, 2.75) is 10.9 Å². The van der Waals surface area contributed by atoms with Gasteiger partial charge in [0.05, 0.1) is 17.6 Å². The van der Waals surface area contributed by atoms with Crippen LogP contribution in [0.5, 0.6) is 0 Å². The molecule has 0 atom stereocenters. The van der Waals surface area contributed by atoms with Gasteiger partial charge in [-0.2, -0.15) is 5.10 Å². The largest absolute Gasteiger partial charge is 0.295 e. The van der Waals surface area contributed by atoms with E-state index in [-0.39, 0.29) is 5.82 Å². The Balaban J connectivity index is 1.50. The summed E-state index contributed by atoms with van der Waals surface area (Å²) in [5, 5.41) is 5.22. The maximum atomic E-state index is 13.5. The molecule has 25 heavy (non-hydrogen) atoms. The molecule has 0 unspecified atom stereocenters. The summed E-state index contributed by atoms with van der Waals surface area (Å²) in [4.78, 5) is 4.38. The lowest BCUT2D eigenvalue weighted by molar-refractivity contribution is 0.626. The summed E-state index contributed by atoms with van der Waals surface area (Å²) in [6, 6.07) is 16.5. The van der Waals surface area contributed by atoms with Crippen molar-refractivity contribution in [3.8, 4) is 11.4 Å². The van der Waals surface area contributed by atoms with Gasteiger partial charge in [0, 0.05) is 29.9 Å². The average Bonchev–Trinajstić information content (AvgIpc) is 3.30. The van der Waals surface area contributed by atoms with E-state index in [1.54, 1.807) is 24.0 Å². The molecule has 0 amide bonds. The highest BCUT2D eigenvalue weighted by molar-refractivity contribution is 7.98. The number of nitrogens with zero attached hydrogens (tertiary/aromatic N) is 4. The Bertz CT molecular complexity index is 978. The second-order valence-electron chi connectivity index (χ2n) is 5.48. The number of halogens is 1. The lowest BCUT2D eigenvalue weighted by atomic mass is 10.3. The highest BCUT2D eigenvalue weighted by Crippen LogP contribution is 2.24. The van der Waals surface area contributed by atoms with Crippen LogP contribution in [0.2, 0.25) is 0 Å². The number of hydrogen-bond acceptors (Lipinski definition) is 3.